The maximum absolute atomic E-state index is 11.3. The van der Waals surface area contributed by atoms with Gasteiger partial charge in [0.1, 0.15) is 0 Å². The smallest absolute Gasteiger partial charge is 0.324 e. The first kappa shape index (κ1) is 10.4. The zero-order valence-corrected chi connectivity index (χ0v) is 10.0. The molecule has 1 heterocycles. The number of urea groups is 1. The molecule has 78 valence electrons. The first-order valence-electron chi connectivity index (χ1n) is 4.49. The van der Waals surface area contributed by atoms with Crippen LogP contribution < -0.4 is 5.32 Å². The van der Waals surface area contributed by atoms with E-state index >= 15 is 0 Å². The third-order valence-electron chi connectivity index (χ3n) is 2.19. The molecule has 4 nitrogen and oxygen atoms in total. The second kappa shape index (κ2) is 4.18. The molecule has 0 aliphatic carbocycles. The maximum atomic E-state index is 11.3. The fourth-order valence-corrected chi connectivity index (χ4v) is 1.75. The Morgan fingerprint density at radius 3 is 2.47 bits per heavy atom. The van der Waals surface area contributed by atoms with Crippen molar-refractivity contribution in [1.29, 1.82) is 0 Å². The minimum Gasteiger partial charge on any atom is -0.329 e. The van der Waals surface area contributed by atoms with E-state index in [1.54, 1.807) is 0 Å². The number of nitrogens with one attached hydrogen (secondary N) is 1. The molecule has 3 amide bonds. The quantitative estimate of drug-likeness (QED) is 0.661. The van der Waals surface area contributed by atoms with Gasteiger partial charge in [-0.2, -0.15) is 0 Å². The van der Waals surface area contributed by atoms with Crippen LogP contribution in [0.1, 0.15) is 5.56 Å². The third-order valence-corrected chi connectivity index (χ3v) is 2.91. The van der Waals surface area contributed by atoms with Crippen LogP contribution in [-0.4, -0.2) is 23.4 Å². The highest BCUT2D eigenvalue weighted by molar-refractivity contribution is 14.1. The number of benzene rings is 1. The number of amides is 3. The predicted molar refractivity (Wildman–Crippen MR) is 63.1 cm³/mol. The van der Waals surface area contributed by atoms with E-state index < -0.39 is 0 Å². The number of hydrogen-bond donors (Lipinski definition) is 1. The van der Waals surface area contributed by atoms with Crippen molar-refractivity contribution in [3.8, 4) is 0 Å². The van der Waals surface area contributed by atoms with Crippen LogP contribution in [0.4, 0.5) is 4.79 Å². The lowest BCUT2D eigenvalue weighted by molar-refractivity contribution is -0.125. The van der Waals surface area contributed by atoms with E-state index in [-0.39, 0.29) is 18.5 Å². The summed E-state index contributed by atoms with van der Waals surface area (Å²) in [5.74, 6) is -0.168. The van der Waals surface area contributed by atoms with Crippen LogP contribution in [0.3, 0.4) is 0 Å². The highest BCUT2D eigenvalue weighted by atomic mass is 127. The SMILES string of the molecule is O=C1CNC(=O)N1Cc1ccc(I)cc1. The normalized spacial score (nSPS) is 15.7. The Bertz CT molecular complexity index is 386. The zero-order valence-electron chi connectivity index (χ0n) is 7.87. The van der Waals surface area contributed by atoms with E-state index in [9.17, 15) is 9.59 Å². The Balaban J connectivity index is 2.11. The molecule has 1 fully saturated rings. The molecule has 1 aromatic carbocycles. The molecule has 0 spiro atoms. The number of halogens is 1. The van der Waals surface area contributed by atoms with Gasteiger partial charge in [-0.1, -0.05) is 12.1 Å². The van der Waals surface area contributed by atoms with Crippen LogP contribution >= 0.6 is 22.6 Å². The van der Waals surface area contributed by atoms with Crippen LogP contribution in [0.25, 0.3) is 0 Å². The van der Waals surface area contributed by atoms with Gasteiger partial charge in [-0.3, -0.25) is 9.69 Å². The van der Waals surface area contributed by atoms with Crippen LogP contribution in [0.15, 0.2) is 24.3 Å². The van der Waals surface area contributed by atoms with Crippen LogP contribution in [-0.2, 0) is 11.3 Å². The minimum atomic E-state index is -0.307. The summed E-state index contributed by atoms with van der Waals surface area (Å²) < 4.78 is 1.13. The Labute approximate surface area is 101 Å². The van der Waals surface area contributed by atoms with Gasteiger partial charge in [0, 0.05) is 3.57 Å². The number of nitrogens with zero attached hydrogens (tertiary/aromatic N) is 1. The lowest BCUT2D eigenvalue weighted by Gasteiger charge is -2.11. The summed E-state index contributed by atoms with van der Waals surface area (Å²) in [5, 5.41) is 2.49. The van der Waals surface area contributed by atoms with Crippen molar-refractivity contribution in [1.82, 2.24) is 10.2 Å². The summed E-state index contributed by atoms with van der Waals surface area (Å²) in [7, 11) is 0. The average Bonchev–Trinajstić information content (AvgIpc) is 2.53. The van der Waals surface area contributed by atoms with Gasteiger partial charge >= 0.3 is 6.03 Å². The number of hydrogen-bond acceptors (Lipinski definition) is 2. The van der Waals surface area contributed by atoms with Crippen molar-refractivity contribution >= 4 is 34.5 Å². The predicted octanol–water partition coefficient (Wildman–Crippen LogP) is 1.34. The summed E-state index contributed by atoms with van der Waals surface area (Å²) in [6, 6.07) is 7.43. The fraction of sp³-hybridized carbons (Fsp3) is 0.200. The molecule has 0 unspecified atom stereocenters. The second-order valence-corrected chi connectivity index (χ2v) is 4.51. The van der Waals surface area contributed by atoms with Gasteiger partial charge in [0.25, 0.3) is 0 Å². The summed E-state index contributed by atoms with van der Waals surface area (Å²) in [5.41, 5.74) is 0.959. The highest BCUT2D eigenvalue weighted by Gasteiger charge is 2.27. The van der Waals surface area contributed by atoms with E-state index in [1.807, 2.05) is 24.3 Å². The van der Waals surface area contributed by atoms with Gasteiger partial charge in [-0.25, -0.2) is 4.79 Å². The molecular formula is C10H9IN2O2. The molecule has 1 aromatic rings. The first-order chi connectivity index (χ1) is 7.16. The summed E-state index contributed by atoms with van der Waals surface area (Å²) in [6.45, 7) is 0.463. The largest absolute Gasteiger partial charge is 0.329 e. The molecule has 0 radical (unpaired) electrons. The lowest BCUT2D eigenvalue weighted by Crippen LogP contribution is -2.30. The molecule has 1 aliphatic rings. The Kier molecular flexibility index (Phi) is 2.90. The summed E-state index contributed by atoms with van der Waals surface area (Å²) in [4.78, 5) is 23.8. The maximum Gasteiger partial charge on any atom is 0.324 e. The molecular weight excluding hydrogens is 307 g/mol. The van der Waals surface area contributed by atoms with Crippen molar-refractivity contribution in [3.05, 3.63) is 33.4 Å². The van der Waals surface area contributed by atoms with Crippen LogP contribution in [0, 0.1) is 3.57 Å². The Morgan fingerprint density at radius 1 is 1.27 bits per heavy atom. The molecule has 2 rings (SSSR count). The van der Waals surface area contributed by atoms with Crippen molar-refractivity contribution in [2.75, 3.05) is 6.54 Å². The van der Waals surface area contributed by atoms with E-state index in [1.165, 1.54) is 4.90 Å². The van der Waals surface area contributed by atoms with E-state index in [0.29, 0.717) is 6.54 Å². The van der Waals surface area contributed by atoms with Crippen molar-refractivity contribution < 1.29 is 9.59 Å². The molecule has 0 atom stereocenters. The number of carbonyl (C=O) groups excluding carboxylic acids is 2. The minimum absolute atomic E-state index is 0.114. The first-order valence-corrected chi connectivity index (χ1v) is 5.57. The molecule has 1 saturated heterocycles. The molecule has 15 heavy (non-hydrogen) atoms. The Morgan fingerprint density at radius 2 is 1.93 bits per heavy atom. The molecule has 0 aromatic heterocycles. The van der Waals surface area contributed by atoms with Crippen LogP contribution in [0.5, 0.6) is 0 Å². The van der Waals surface area contributed by atoms with Gasteiger partial charge in [-0.15, -0.1) is 0 Å². The number of imide groups is 1. The number of rotatable bonds is 2. The number of carbonyl (C=O) groups is 2. The van der Waals surface area contributed by atoms with Gasteiger partial charge in [0.15, 0.2) is 0 Å². The van der Waals surface area contributed by atoms with Gasteiger partial charge in [0.05, 0.1) is 13.1 Å². The molecule has 5 heteroatoms. The monoisotopic (exact) mass is 316 g/mol. The van der Waals surface area contributed by atoms with Gasteiger partial charge in [-0.05, 0) is 40.3 Å². The van der Waals surface area contributed by atoms with Crippen LogP contribution in [0.2, 0.25) is 0 Å². The van der Waals surface area contributed by atoms with E-state index in [0.717, 1.165) is 9.13 Å². The summed E-state index contributed by atoms with van der Waals surface area (Å²) >= 11 is 2.21. The second-order valence-electron chi connectivity index (χ2n) is 3.27. The molecule has 1 N–H and O–H groups in total. The van der Waals surface area contributed by atoms with Crippen molar-refractivity contribution in [2.24, 2.45) is 0 Å². The van der Waals surface area contributed by atoms with E-state index in [2.05, 4.69) is 27.9 Å². The van der Waals surface area contributed by atoms with Crippen molar-refractivity contribution in [2.45, 2.75) is 6.54 Å². The Hall–Kier alpha value is -1.11. The zero-order chi connectivity index (χ0) is 10.8. The third kappa shape index (κ3) is 2.28. The lowest BCUT2D eigenvalue weighted by atomic mass is 10.2. The van der Waals surface area contributed by atoms with Crippen molar-refractivity contribution in [3.63, 3.8) is 0 Å². The average molecular weight is 316 g/mol. The van der Waals surface area contributed by atoms with E-state index in [4.69, 9.17) is 0 Å². The standard InChI is InChI=1S/C10H9IN2O2/c11-8-3-1-7(2-4-8)6-13-9(14)5-12-10(13)15/h1-4H,5-6H2,(H,12,15). The fourth-order valence-electron chi connectivity index (χ4n) is 1.39. The molecule has 0 bridgehead atoms. The summed E-state index contributed by atoms with van der Waals surface area (Å²) in [6.07, 6.45) is 0. The van der Waals surface area contributed by atoms with Gasteiger partial charge < -0.3 is 5.32 Å². The topological polar surface area (TPSA) is 49.4 Å². The molecule has 1 aliphatic heterocycles. The molecule has 0 saturated carbocycles. The highest BCUT2D eigenvalue weighted by Crippen LogP contribution is 2.11. The van der Waals surface area contributed by atoms with Gasteiger partial charge in [0.2, 0.25) is 5.91 Å².